The Morgan fingerprint density at radius 2 is 0.741 bits per heavy atom. The topological polar surface area (TPSA) is 19.6 Å². The molecule has 8 aromatic carbocycles. The minimum atomic E-state index is -1.99. The summed E-state index contributed by atoms with van der Waals surface area (Å²) in [5.74, 6) is 0.939. The Labute approximate surface area is 317 Å². The molecule has 258 valence electrons. The maximum atomic E-state index is 7.11. The van der Waals surface area contributed by atoms with Crippen LogP contribution in [0.1, 0.15) is 0 Å². The van der Waals surface area contributed by atoms with E-state index in [-0.39, 0.29) is 0 Å². The van der Waals surface area contributed by atoms with Gasteiger partial charge in [-0.15, -0.1) is 10.0 Å². The maximum absolute atomic E-state index is 7.11. The summed E-state index contributed by atoms with van der Waals surface area (Å²) in [4.78, 5) is 9.76. The second-order valence-electron chi connectivity index (χ2n) is 13.4. The molecule has 0 saturated heterocycles. The lowest BCUT2D eigenvalue weighted by Gasteiger charge is -2.39. The van der Waals surface area contributed by atoms with Crippen LogP contribution >= 0.6 is 10.0 Å². The molecular weight excluding hydrogens is 677 g/mol. The lowest BCUT2D eigenvalue weighted by atomic mass is 10.1. The number of rotatable bonds is 8. The lowest BCUT2D eigenvalue weighted by Crippen LogP contribution is -2.10. The predicted molar refractivity (Wildman–Crippen MR) is 225 cm³/mol. The number of para-hydroxylation sites is 4. The molecule has 3 nitrogen and oxygen atoms in total. The number of hydrogen-bond donors (Lipinski definition) is 0. The van der Waals surface area contributed by atoms with Gasteiger partial charge >= 0.3 is 0 Å². The molecule has 0 radical (unpaired) electrons. The van der Waals surface area contributed by atoms with Gasteiger partial charge < -0.3 is 14.2 Å². The third kappa shape index (κ3) is 5.14. The first-order valence-corrected chi connectivity index (χ1v) is 19.9. The van der Waals surface area contributed by atoms with Crippen molar-refractivity contribution in [2.45, 2.75) is 19.6 Å². The molecule has 0 spiro atoms. The standard InChI is InChI=1S/C50H36N2OS/c1-7-19-37(20-8-1)51(38-21-9-2-10-22-38)41-31-33-47-45(35-41)50-49(53-47)46-36-42(52(39-23-11-3-12-24-39)40-25-13-4-14-26-40)32-34-48(46)54(50,43-27-15-5-16-28-43)44-29-17-6-18-30-44/h1-36H. The molecule has 0 N–H and O–H groups in total. The fourth-order valence-electron chi connectivity index (χ4n) is 7.97. The Balaban J connectivity index is 1.27. The summed E-state index contributed by atoms with van der Waals surface area (Å²) in [6, 6.07) is 78.2. The molecule has 1 aliphatic rings. The van der Waals surface area contributed by atoms with Crippen molar-refractivity contribution in [1.29, 1.82) is 0 Å². The van der Waals surface area contributed by atoms with Crippen molar-refractivity contribution in [3.05, 3.63) is 218 Å². The van der Waals surface area contributed by atoms with E-state index in [1.165, 1.54) is 19.6 Å². The zero-order chi connectivity index (χ0) is 35.9. The fourth-order valence-corrected chi connectivity index (χ4v) is 12.2. The van der Waals surface area contributed by atoms with Crippen molar-refractivity contribution in [1.82, 2.24) is 0 Å². The third-order valence-corrected chi connectivity index (χ3v) is 14.2. The van der Waals surface area contributed by atoms with Crippen molar-refractivity contribution in [2.75, 3.05) is 9.80 Å². The van der Waals surface area contributed by atoms with Gasteiger partial charge in [0.1, 0.15) is 11.3 Å². The Bertz CT molecular complexity index is 2580. The van der Waals surface area contributed by atoms with Crippen LogP contribution < -0.4 is 9.80 Å². The highest BCUT2D eigenvalue weighted by Gasteiger charge is 2.46. The molecule has 0 aliphatic carbocycles. The van der Waals surface area contributed by atoms with Crippen LogP contribution in [0, 0.1) is 0 Å². The largest absolute Gasteiger partial charge is 0.455 e. The van der Waals surface area contributed by atoms with Crippen LogP contribution in [0.2, 0.25) is 0 Å². The van der Waals surface area contributed by atoms with E-state index in [9.17, 15) is 0 Å². The molecule has 9 aromatic rings. The Morgan fingerprint density at radius 1 is 0.352 bits per heavy atom. The van der Waals surface area contributed by atoms with E-state index >= 15 is 0 Å². The summed E-state index contributed by atoms with van der Waals surface area (Å²) in [6.07, 6.45) is 0. The predicted octanol–water partition coefficient (Wildman–Crippen LogP) is 14.7. The number of hydrogen-bond acceptors (Lipinski definition) is 3. The van der Waals surface area contributed by atoms with Crippen molar-refractivity contribution < 1.29 is 4.42 Å². The SMILES string of the molecule is c1ccc(N(c2ccccc2)c2ccc3c(c2)-c2oc4ccc(N(c5ccccc5)c5ccccc5)cc4c2S3(c2ccccc2)c2ccccc2)cc1. The molecule has 0 amide bonds. The molecule has 2 heterocycles. The molecule has 10 rings (SSSR count). The van der Waals surface area contributed by atoms with E-state index in [4.69, 9.17) is 4.42 Å². The molecule has 0 fully saturated rings. The average Bonchev–Trinajstić information content (AvgIpc) is 3.76. The monoisotopic (exact) mass is 712 g/mol. The van der Waals surface area contributed by atoms with Crippen LogP contribution in [-0.4, -0.2) is 0 Å². The molecule has 1 aromatic heterocycles. The van der Waals surface area contributed by atoms with Gasteiger partial charge in [-0.25, -0.2) is 0 Å². The minimum Gasteiger partial charge on any atom is -0.455 e. The van der Waals surface area contributed by atoms with E-state index in [1.54, 1.807) is 0 Å². The van der Waals surface area contributed by atoms with Crippen LogP contribution in [0.5, 0.6) is 0 Å². The van der Waals surface area contributed by atoms with Crippen molar-refractivity contribution in [3.8, 4) is 11.3 Å². The zero-order valence-corrected chi connectivity index (χ0v) is 30.3. The molecule has 1 aliphatic heterocycles. The normalized spacial score (nSPS) is 13.2. The highest BCUT2D eigenvalue weighted by atomic mass is 32.3. The van der Waals surface area contributed by atoms with Gasteiger partial charge in [-0.1, -0.05) is 109 Å². The second kappa shape index (κ2) is 13.3. The van der Waals surface area contributed by atoms with Gasteiger partial charge in [0, 0.05) is 59.8 Å². The molecule has 0 saturated carbocycles. The number of benzene rings is 8. The van der Waals surface area contributed by atoms with Crippen LogP contribution in [0.3, 0.4) is 0 Å². The first-order chi connectivity index (χ1) is 26.8. The van der Waals surface area contributed by atoms with Gasteiger partial charge in [0.2, 0.25) is 0 Å². The van der Waals surface area contributed by atoms with Crippen LogP contribution in [0.15, 0.2) is 242 Å². The number of furan rings is 1. The summed E-state index contributed by atoms with van der Waals surface area (Å²) in [5.41, 5.74) is 8.56. The molecular formula is C50H36N2OS. The second-order valence-corrected chi connectivity index (χ2v) is 16.4. The maximum Gasteiger partial charge on any atom is 0.149 e. The molecule has 0 unspecified atom stereocenters. The van der Waals surface area contributed by atoms with Gasteiger partial charge in [0.15, 0.2) is 0 Å². The summed E-state index contributed by atoms with van der Waals surface area (Å²) in [5, 5.41) is 1.13. The summed E-state index contributed by atoms with van der Waals surface area (Å²) in [7, 11) is -1.99. The third-order valence-electron chi connectivity index (χ3n) is 10.2. The van der Waals surface area contributed by atoms with E-state index in [2.05, 4.69) is 228 Å². The van der Waals surface area contributed by atoms with Crippen molar-refractivity contribution >= 4 is 55.1 Å². The van der Waals surface area contributed by atoms with Gasteiger partial charge in [0.05, 0.1) is 4.90 Å². The first-order valence-electron chi connectivity index (χ1n) is 18.3. The minimum absolute atomic E-state index is 0.882. The quantitative estimate of drug-likeness (QED) is 0.156. The number of nitrogens with zero attached hydrogens (tertiary/aromatic N) is 2. The molecule has 54 heavy (non-hydrogen) atoms. The van der Waals surface area contributed by atoms with Crippen LogP contribution in [-0.2, 0) is 0 Å². The van der Waals surface area contributed by atoms with Crippen LogP contribution in [0.25, 0.3) is 22.3 Å². The van der Waals surface area contributed by atoms with Gasteiger partial charge in [-0.05, 0) is 109 Å². The number of fused-ring (bicyclic) bond motifs is 5. The molecule has 0 atom stereocenters. The Kier molecular flexibility index (Phi) is 7.89. The molecule has 4 heteroatoms. The average molecular weight is 713 g/mol. The summed E-state index contributed by atoms with van der Waals surface area (Å²) >= 11 is 0. The molecule has 0 bridgehead atoms. The summed E-state index contributed by atoms with van der Waals surface area (Å²) in [6.45, 7) is 0. The summed E-state index contributed by atoms with van der Waals surface area (Å²) < 4.78 is 7.11. The van der Waals surface area contributed by atoms with Gasteiger partial charge in [-0.2, -0.15) is 0 Å². The van der Waals surface area contributed by atoms with E-state index in [1.807, 2.05) is 0 Å². The Morgan fingerprint density at radius 3 is 1.19 bits per heavy atom. The van der Waals surface area contributed by atoms with E-state index < -0.39 is 10.0 Å². The fraction of sp³-hybridized carbons (Fsp3) is 0. The van der Waals surface area contributed by atoms with E-state index in [0.29, 0.717) is 0 Å². The van der Waals surface area contributed by atoms with Crippen LogP contribution in [0.4, 0.5) is 34.1 Å². The van der Waals surface area contributed by atoms with E-state index in [0.717, 1.165) is 56.4 Å². The number of anilines is 6. The van der Waals surface area contributed by atoms with Gasteiger partial charge in [-0.3, -0.25) is 0 Å². The van der Waals surface area contributed by atoms with Gasteiger partial charge in [0.25, 0.3) is 0 Å². The smallest absolute Gasteiger partial charge is 0.149 e. The highest BCUT2D eigenvalue weighted by Crippen LogP contribution is 2.81. The van der Waals surface area contributed by atoms with Crippen molar-refractivity contribution in [2.24, 2.45) is 0 Å². The Hall–Kier alpha value is -6.75. The first kappa shape index (κ1) is 31.9. The van der Waals surface area contributed by atoms with Crippen molar-refractivity contribution in [3.63, 3.8) is 0 Å². The highest BCUT2D eigenvalue weighted by molar-refractivity contribution is 8.34. The lowest BCUT2D eigenvalue weighted by molar-refractivity contribution is 0.625. The zero-order valence-electron chi connectivity index (χ0n) is 29.5.